The lowest BCUT2D eigenvalue weighted by Crippen LogP contribution is -2.21. The lowest BCUT2D eigenvalue weighted by Gasteiger charge is -2.22. The molecule has 3 aromatic heterocycles. The van der Waals surface area contributed by atoms with Crippen LogP contribution in [0.1, 0.15) is 5.56 Å². The monoisotopic (exact) mass is 356 g/mol. The summed E-state index contributed by atoms with van der Waals surface area (Å²) < 4.78 is 43.1. The molecule has 0 aliphatic rings. The van der Waals surface area contributed by atoms with Gasteiger partial charge in [0.05, 0.1) is 6.54 Å². The molecule has 0 aliphatic carbocycles. The van der Waals surface area contributed by atoms with Gasteiger partial charge in [0.15, 0.2) is 11.6 Å². The van der Waals surface area contributed by atoms with Gasteiger partial charge < -0.3 is 4.90 Å². The summed E-state index contributed by atoms with van der Waals surface area (Å²) in [6.07, 6.45) is 1.62. The molecule has 26 heavy (non-hydrogen) atoms. The first-order valence-electron chi connectivity index (χ1n) is 7.62. The summed E-state index contributed by atoms with van der Waals surface area (Å²) in [7, 11) is 0. The Labute approximate surface area is 145 Å². The third-order valence-corrected chi connectivity index (χ3v) is 3.76. The molecule has 130 valence electrons. The quantitative estimate of drug-likeness (QED) is 0.415. The van der Waals surface area contributed by atoms with Crippen molar-refractivity contribution in [1.29, 1.82) is 0 Å². The maximum atomic E-state index is 14.4. The average Bonchev–Trinajstić information content (AvgIpc) is 3.08. The van der Waals surface area contributed by atoms with Crippen molar-refractivity contribution in [1.82, 2.24) is 24.6 Å². The van der Waals surface area contributed by atoms with E-state index in [4.69, 9.17) is 0 Å². The summed E-state index contributed by atoms with van der Waals surface area (Å²) in [5.74, 6) is -3.19. The minimum absolute atomic E-state index is 0.0925. The van der Waals surface area contributed by atoms with Gasteiger partial charge in [-0.2, -0.15) is 28.2 Å². The van der Waals surface area contributed by atoms with E-state index < -0.39 is 23.7 Å². The van der Waals surface area contributed by atoms with Crippen LogP contribution in [-0.4, -0.2) is 24.6 Å². The molecule has 0 N–H and O–H groups in total. The van der Waals surface area contributed by atoms with Crippen molar-refractivity contribution in [2.75, 3.05) is 4.90 Å². The number of halogens is 3. The first kappa shape index (κ1) is 16.0. The predicted octanol–water partition coefficient (Wildman–Crippen LogP) is 3.27. The average molecular weight is 356 g/mol. The fraction of sp³-hybridized carbons (Fsp3) is 0.0588. The first-order valence-corrected chi connectivity index (χ1v) is 7.62. The van der Waals surface area contributed by atoms with Crippen LogP contribution in [0.3, 0.4) is 0 Å². The van der Waals surface area contributed by atoms with Crippen molar-refractivity contribution in [3.63, 3.8) is 0 Å². The van der Waals surface area contributed by atoms with Gasteiger partial charge >= 0.3 is 6.08 Å². The summed E-state index contributed by atoms with van der Waals surface area (Å²) in [6, 6.07) is 12.4. The highest BCUT2D eigenvalue weighted by Gasteiger charge is 2.24. The Morgan fingerprint density at radius 1 is 0.923 bits per heavy atom. The van der Waals surface area contributed by atoms with Crippen molar-refractivity contribution < 1.29 is 13.2 Å². The summed E-state index contributed by atoms with van der Waals surface area (Å²) >= 11 is 0. The van der Waals surface area contributed by atoms with Crippen molar-refractivity contribution in [2.45, 2.75) is 6.54 Å². The number of rotatable bonds is 4. The first-order chi connectivity index (χ1) is 12.6. The highest BCUT2D eigenvalue weighted by atomic mass is 19.2. The van der Waals surface area contributed by atoms with Gasteiger partial charge in [0.25, 0.3) is 5.95 Å². The van der Waals surface area contributed by atoms with Crippen LogP contribution in [-0.2, 0) is 6.54 Å². The van der Waals surface area contributed by atoms with Crippen LogP contribution < -0.4 is 4.90 Å². The van der Waals surface area contributed by atoms with Crippen LogP contribution in [0.25, 0.3) is 5.52 Å². The minimum Gasteiger partial charge on any atom is -0.302 e. The van der Waals surface area contributed by atoms with Crippen molar-refractivity contribution in [2.24, 2.45) is 0 Å². The number of anilines is 2. The molecule has 0 aliphatic heterocycles. The largest absolute Gasteiger partial charge is 0.313 e. The maximum Gasteiger partial charge on any atom is 0.313 e. The number of nitrogens with zero attached hydrogens (tertiary/aromatic N) is 6. The van der Waals surface area contributed by atoms with Gasteiger partial charge in [-0.15, -0.1) is 0 Å². The smallest absolute Gasteiger partial charge is 0.302 e. The Hall–Kier alpha value is -3.49. The van der Waals surface area contributed by atoms with Crippen LogP contribution in [0.15, 0.2) is 55.0 Å². The molecular formula is C17H11F3N6. The minimum atomic E-state index is -1.56. The second-order valence-corrected chi connectivity index (χ2v) is 5.41. The highest BCUT2D eigenvalue weighted by Crippen LogP contribution is 2.30. The van der Waals surface area contributed by atoms with Crippen LogP contribution >= 0.6 is 0 Å². The lowest BCUT2D eigenvalue weighted by molar-refractivity contribution is 0.426. The van der Waals surface area contributed by atoms with E-state index in [1.54, 1.807) is 42.6 Å². The molecule has 4 rings (SSSR count). The number of imidazole rings is 1. The number of hydrogen-bond donors (Lipinski definition) is 0. The normalized spacial score (nSPS) is 11.0. The van der Waals surface area contributed by atoms with Gasteiger partial charge in [-0.05, 0) is 17.7 Å². The topological polar surface area (TPSA) is 59.2 Å². The molecule has 6 nitrogen and oxygen atoms in total. The Balaban J connectivity index is 1.90. The molecule has 0 spiro atoms. The van der Waals surface area contributed by atoms with Gasteiger partial charge in [0.1, 0.15) is 11.8 Å². The number of benzene rings is 1. The van der Waals surface area contributed by atoms with E-state index in [0.717, 1.165) is 5.56 Å². The summed E-state index contributed by atoms with van der Waals surface area (Å²) in [6.45, 7) is 0.0925. The third-order valence-electron chi connectivity index (χ3n) is 3.76. The molecular weight excluding hydrogens is 345 g/mol. The Morgan fingerprint density at radius 2 is 1.73 bits per heavy atom. The van der Waals surface area contributed by atoms with Crippen molar-refractivity contribution in [3.8, 4) is 0 Å². The second-order valence-electron chi connectivity index (χ2n) is 5.41. The molecule has 0 unspecified atom stereocenters. The van der Waals surface area contributed by atoms with Crippen molar-refractivity contribution in [3.05, 3.63) is 78.4 Å². The fourth-order valence-electron chi connectivity index (χ4n) is 2.61. The lowest BCUT2D eigenvalue weighted by atomic mass is 10.2. The van der Waals surface area contributed by atoms with E-state index in [1.165, 1.54) is 15.7 Å². The molecule has 1 aromatic carbocycles. The zero-order valence-electron chi connectivity index (χ0n) is 13.2. The van der Waals surface area contributed by atoms with Gasteiger partial charge in [0.2, 0.25) is 5.82 Å². The molecule has 0 bridgehead atoms. The molecule has 0 radical (unpaired) electrons. The van der Waals surface area contributed by atoms with Gasteiger partial charge in [-0.25, -0.2) is 9.50 Å². The van der Waals surface area contributed by atoms with Crippen LogP contribution in [0.2, 0.25) is 0 Å². The van der Waals surface area contributed by atoms with Crippen molar-refractivity contribution >= 4 is 17.2 Å². The SMILES string of the molecule is Fc1nc(F)c(F)c(N(Cc2ccccc2)c2ncn3ncccc23)n1. The van der Waals surface area contributed by atoms with E-state index in [-0.39, 0.29) is 12.4 Å². The molecule has 4 aromatic rings. The van der Waals surface area contributed by atoms with E-state index in [0.29, 0.717) is 5.52 Å². The number of fused-ring (bicyclic) bond motifs is 1. The van der Waals surface area contributed by atoms with E-state index in [9.17, 15) is 13.2 Å². The molecule has 9 heteroatoms. The Kier molecular flexibility index (Phi) is 3.96. The van der Waals surface area contributed by atoms with Crippen LogP contribution in [0.4, 0.5) is 24.8 Å². The Morgan fingerprint density at radius 3 is 2.54 bits per heavy atom. The van der Waals surface area contributed by atoms with Crippen LogP contribution in [0, 0.1) is 17.8 Å². The predicted molar refractivity (Wildman–Crippen MR) is 87.2 cm³/mol. The van der Waals surface area contributed by atoms with Crippen LogP contribution in [0.5, 0.6) is 0 Å². The summed E-state index contributed by atoms with van der Waals surface area (Å²) in [5, 5.41) is 4.10. The number of aromatic nitrogens is 5. The van der Waals surface area contributed by atoms with Gasteiger partial charge in [-0.3, -0.25) is 0 Å². The standard InChI is InChI=1S/C17H11F3N6/c18-13-14(19)23-17(20)24-16(13)25(9-11-5-2-1-3-6-11)15-12-7-4-8-22-26(12)10-21-15/h1-8,10H,9H2. The highest BCUT2D eigenvalue weighted by molar-refractivity contribution is 5.74. The zero-order valence-corrected chi connectivity index (χ0v) is 13.2. The fourth-order valence-corrected chi connectivity index (χ4v) is 2.61. The molecule has 3 heterocycles. The van der Waals surface area contributed by atoms with E-state index in [1.807, 2.05) is 6.07 Å². The molecule has 0 fully saturated rings. The third kappa shape index (κ3) is 2.83. The Bertz CT molecular complexity index is 1070. The molecule has 0 saturated heterocycles. The number of hydrogen-bond acceptors (Lipinski definition) is 5. The maximum absolute atomic E-state index is 14.4. The molecule has 0 atom stereocenters. The molecule has 0 amide bonds. The summed E-state index contributed by atoms with van der Waals surface area (Å²) in [4.78, 5) is 11.7. The van der Waals surface area contributed by atoms with E-state index >= 15 is 0 Å². The molecule has 0 saturated carbocycles. The van der Waals surface area contributed by atoms with E-state index in [2.05, 4.69) is 20.1 Å². The summed E-state index contributed by atoms with van der Waals surface area (Å²) in [5.41, 5.74) is 1.30. The van der Waals surface area contributed by atoms with Gasteiger partial charge in [-0.1, -0.05) is 30.3 Å². The zero-order chi connectivity index (χ0) is 18.1. The second kappa shape index (κ2) is 6.43. The van der Waals surface area contributed by atoms with Gasteiger partial charge in [0, 0.05) is 6.20 Å².